The number of benzene rings is 1. The number of hydrogen-bond donors (Lipinski definition) is 5. The maximum absolute atomic E-state index is 13.2. The van der Waals surface area contributed by atoms with Gasteiger partial charge in [-0.1, -0.05) is 30.4 Å². The normalized spacial score (nSPS) is 17.9. The predicted molar refractivity (Wildman–Crippen MR) is 161 cm³/mol. The molecule has 1 aromatic carbocycles. The quantitative estimate of drug-likeness (QED) is 0.0882. The number of nitrogens with zero attached hydrogens (tertiary/aromatic N) is 1. The number of thiol groups is 1. The van der Waals surface area contributed by atoms with Crippen LogP contribution in [0.15, 0.2) is 42.5 Å². The zero-order valence-corrected chi connectivity index (χ0v) is 26.5. The maximum atomic E-state index is 13.2. The number of thioether (sulfide) groups is 1. The van der Waals surface area contributed by atoms with E-state index in [1.807, 2.05) is 48.7 Å². The van der Waals surface area contributed by atoms with E-state index in [0.29, 0.717) is 31.7 Å². The van der Waals surface area contributed by atoms with Crippen molar-refractivity contribution < 1.29 is 65.2 Å². The fourth-order valence-corrected chi connectivity index (χ4v) is 4.22. The number of likely N-dealkylation sites (tertiary alicyclic amines) is 1. The Labute approximate surface area is 271 Å². The first-order chi connectivity index (χ1) is 21.4. The Hall–Kier alpha value is -3.16. The number of aliphatic carboxylic acids is 2. The Bertz CT molecular complexity index is 1090. The van der Waals surface area contributed by atoms with Crippen LogP contribution < -0.4 is 15.8 Å². The lowest BCUT2D eigenvalue weighted by Gasteiger charge is -2.25. The highest BCUT2D eigenvalue weighted by atomic mass is 32.2. The van der Waals surface area contributed by atoms with E-state index in [2.05, 4.69) is 22.8 Å². The SMILES string of the molecule is COC(=O)[C@H](CCSC)NC(=O)[C@@H]1C[C@H](Oc2ccccc2)CN1CC/C=C/[C@@H](N)CS.O=C(O)C(F)(F)F.O=C(O)C(F)(F)F. The van der Waals surface area contributed by atoms with Crippen LogP contribution >= 0.6 is 24.4 Å². The molecule has 46 heavy (non-hydrogen) atoms. The number of hydrogen-bond acceptors (Lipinski definition) is 10. The van der Waals surface area contributed by atoms with E-state index in [1.54, 1.807) is 11.8 Å². The Balaban J connectivity index is 0.00000120. The van der Waals surface area contributed by atoms with Gasteiger partial charge in [0.15, 0.2) is 0 Å². The molecule has 0 aromatic heterocycles. The van der Waals surface area contributed by atoms with Gasteiger partial charge < -0.3 is 30.7 Å². The van der Waals surface area contributed by atoms with E-state index >= 15 is 0 Å². The summed E-state index contributed by atoms with van der Waals surface area (Å²) in [5, 5.41) is 17.2. The minimum Gasteiger partial charge on any atom is -0.489 e. The summed E-state index contributed by atoms with van der Waals surface area (Å²) in [6.07, 6.45) is -2.51. The minimum atomic E-state index is -5.08. The van der Waals surface area contributed by atoms with Crippen LogP contribution in [0.25, 0.3) is 0 Å². The van der Waals surface area contributed by atoms with Gasteiger partial charge in [-0.05, 0) is 37.0 Å². The molecule has 1 saturated heterocycles. The van der Waals surface area contributed by atoms with Gasteiger partial charge in [0.2, 0.25) is 5.91 Å². The predicted octanol–water partition coefficient (Wildman–Crippen LogP) is 3.39. The summed E-state index contributed by atoms with van der Waals surface area (Å²) >= 11 is 5.81. The van der Waals surface area contributed by atoms with Gasteiger partial charge in [0, 0.05) is 31.3 Å². The van der Waals surface area contributed by atoms with Crippen molar-refractivity contribution in [2.75, 3.05) is 38.0 Å². The van der Waals surface area contributed by atoms with E-state index in [1.165, 1.54) is 7.11 Å². The number of amides is 1. The second kappa shape index (κ2) is 21.6. The van der Waals surface area contributed by atoms with Crippen molar-refractivity contribution in [2.45, 2.75) is 55.8 Å². The third-order valence-electron chi connectivity index (χ3n) is 5.79. The van der Waals surface area contributed by atoms with Crippen LogP contribution in [-0.4, -0.2) is 113 Å². The van der Waals surface area contributed by atoms with Crippen LogP contribution in [0.1, 0.15) is 19.3 Å². The molecule has 1 aliphatic heterocycles. The third-order valence-corrected chi connectivity index (χ3v) is 6.85. The lowest BCUT2D eigenvalue weighted by atomic mass is 10.1. The lowest BCUT2D eigenvalue weighted by molar-refractivity contribution is -0.193. The number of carbonyl (C=O) groups is 4. The number of carboxylic acid groups (broad SMARTS) is 2. The number of alkyl halides is 6. The molecule has 5 N–H and O–H groups in total. The van der Waals surface area contributed by atoms with Gasteiger partial charge in [-0.25, -0.2) is 14.4 Å². The molecule has 1 amide bonds. The minimum absolute atomic E-state index is 0.0811. The topological polar surface area (TPSA) is 168 Å². The maximum Gasteiger partial charge on any atom is 0.490 e. The molecule has 1 aliphatic rings. The smallest absolute Gasteiger partial charge is 0.489 e. The van der Waals surface area contributed by atoms with Crippen molar-refractivity contribution in [2.24, 2.45) is 5.73 Å². The molecule has 4 atom stereocenters. The first-order valence-electron chi connectivity index (χ1n) is 13.3. The van der Waals surface area contributed by atoms with Gasteiger partial charge in [0.25, 0.3) is 0 Å². The van der Waals surface area contributed by atoms with Crippen LogP contribution in [-0.2, 0) is 23.9 Å². The van der Waals surface area contributed by atoms with E-state index in [9.17, 15) is 35.9 Å². The van der Waals surface area contributed by atoms with E-state index in [-0.39, 0.29) is 24.1 Å². The van der Waals surface area contributed by atoms with Crippen LogP contribution in [0, 0.1) is 0 Å². The highest BCUT2D eigenvalue weighted by molar-refractivity contribution is 7.98. The molecule has 0 saturated carbocycles. The zero-order valence-electron chi connectivity index (χ0n) is 24.8. The van der Waals surface area contributed by atoms with Gasteiger partial charge in [0.1, 0.15) is 17.9 Å². The van der Waals surface area contributed by atoms with Gasteiger partial charge in [-0.2, -0.15) is 50.7 Å². The van der Waals surface area contributed by atoms with Crippen molar-refractivity contribution in [1.29, 1.82) is 0 Å². The van der Waals surface area contributed by atoms with Gasteiger partial charge in [-0.3, -0.25) is 9.69 Å². The summed E-state index contributed by atoms with van der Waals surface area (Å²) in [5.74, 6) is -3.98. The number of esters is 1. The molecule has 1 aromatic rings. The molecule has 11 nitrogen and oxygen atoms in total. The van der Waals surface area contributed by atoms with Crippen molar-refractivity contribution in [3.63, 3.8) is 0 Å². The molecule has 2 rings (SSSR count). The number of methoxy groups -OCH3 is 1. The third kappa shape index (κ3) is 18.1. The fourth-order valence-electron chi connectivity index (χ4n) is 3.63. The Kier molecular flexibility index (Phi) is 20.1. The molecule has 1 heterocycles. The summed E-state index contributed by atoms with van der Waals surface area (Å²) in [4.78, 5) is 45.2. The average Bonchev–Trinajstić information content (AvgIpc) is 3.39. The first kappa shape index (κ1) is 42.8. The first-order valence-corrected chi connectivity index (χ1v) is 15.4. The number of rotatable bonds is 13. The second-order valence-electron chi connectivity index (χ2n) is 9.33. The molecule has 0 aliphatic carbocycles. The van der Waals surface area contributed by atoms with Crippen LogP contribution in [0.5, 0.6) is 5.75 Å². The van der Waals surface area contributed by atoms with E-state index in [4.69, 9.17) is 35.0 Å². The van der Waals surface area contributed by atoms with E-state index < -0.39 is 36.3 Å². The average molecular weight is 710 g/mol. The molecular weight excluding hydrogens is 672 g/mol. The fraction of sp³-hybridized carbons (Fsp3) is 0.556. The zero-order chi connectivity index (χ0) is 35.5. The largest absolute Gasteiger partial charge is 0.490 e. The summed E-state index contributed by atoms with van der Waals surface area (Å²) in [5.41, 5.74) is 5.88. The molecule has 262 valence electrons. The Morgan fingerprint density at radius 3 is 2.11 bits per heavy atom. The number of nitrogens with two attached hydrogens (primary N) is 1. The summed E-state index contributed by atoms with van der Waals surface area (Å²) in [7, 11) is 1.34. The Morgan fingerprint density at radius 1 is 1.11 bits per heavy atom. The van der Waals surface area contributed by atoms with Crippen molar-refractivity contribution in [1.82, 2.24) is 10.2 Å². The number of carboxylic acids is 2. The Morgan fingerprint density at radius 2 is 1.65 bits per heavy atom. The highest BCUT2D eigenvalue weighted by Gasteiger charge is 2.40. The van der Waals surface area contributed by atoms with Crippen molar-refractivity contribution in [3.8, 4) is 5.75 Å². The number of carbonyl (C=O) groups excluding carboxylic acids is 2. The lowest BCUT2D eigenvalue weighted by Crippen LogP contribution is -2.50. The molecule has 1 fully saturated rings. The molecule has 0 unspecified atom stereocenters. The highest BCUT2D eigenvalue weighted by Crippen LogP contribution is 2.24. The van der Waals surface area contributed by atoms with E-state index in [0.717, 1.165) is 17.9 Å². The number of halogens is 6. The van der Waals surface area contributed by atoms with Crippen molar-refractivity contribution >= 4 is 48.2 Å². The van der Waals surface area contributed by atoms with Crippen LogP contribution in [0.2, 0.25) is 0 Å². The molecule has 19 heteroatoms. The van der Waals surface area contributed by atoms with Crippen LogP contribution in [0.4, 0.5) is 26.3 Å². The second-order valence-corrected chi connectivity index (χ2v) is 10.7. The number of ether oxygens (including phenoxy) is 2. The molecule has 0 spiro atoms. The van der Waals surface area contributed by atoms with Gasteiger partial charge in [0.05, 0.1) is 13.2 Å². The summed E-state index contributed by atoms with van der Waals surface area (Å²) in [6.45, 7) is 1.32. The standard InChI is InChI=1S/C23H35N3O4S2.2C2HF3O2/c1-29-23(28)20(11-13-32-2)25-22(27)21-14-19(30-18-9-4-3-5-10-18)15-26(21)12-7-6-8-17(24)16-31;2*3-2(4,5)1(6)7/h3-6,8-10,17,19-21,31H,7,11-16,24H2,1-2H3,(H,25,27);2*(H,6,7)/b8-6+;;/t17-,19+,20+,21+;;/m1../s1. The molecular formula is C27H37F6N3O8S2. The van der Waals surface area contributed by atoms with Crippen molar-refractivity contribution in [3.05, 3.63) is 42.5 Å². The van der Waals surface area contributed by atoms with Gasteiger partial charge >= 0.3 is 30.3 Å². The number of nitrogens with one attached hydrogen (secondary N) is 1. The molecule has 0 radical (unpaired) electrons. The molecule has 0 bridgehead atoms. The number of para-hydroxylation sites is 1. The van der Waals surface area contributed by atoms with Gasteiger partial charge in [-0.15, -0.1) is 0 Å². The summed E-state index contributed by atoms with van der Waals surface area (Å²) in [6, 6.07) is 8.50. The van der Waals surface area contributed by atoms with Crippen LogP contribution in [0.3, 0.4) is 0 Å². The monoisotopic (exact) mass is 709 g/mol. The summed E-state index contributed by atoms with van der Waals surface area (Å²) < 4.78 is 74.5.